The van der Waals surface area contributed by atoms with Gasteiger partial charge in [0, 0.05) is 18.9 Å². The molecule has 2 aromatic heterocycles. The first-order valence-corrected chi connectivity index (χ1v) is 12.0. The first kappa shape index (κ1) is 22.8. The summed E-state index contributed by atoms with van der Waals surface area (Å²) in [5, 5.41) is 11.3. The Hall–Kier alpha value is -3.98. The zero-order valence-electron chi connectivity index (χ0n) is 19.6. The number of rotatable bonds is 6. The number of methoxy groups -OCH3 is 1. The number of fused-ring (bicyclic) bond motifs is 1. The normalized spacial score (nSPS) is 15.3. The van der Waals surface area contributed by atoms with Gasteiger partial charge in [-0.2, -0.15) is 10.2 Å². The highest BCUT2D eigenvalue weighted by Gasteiger charge is 2.33. The number of aromatic nitrogens is 2. The number of hydrogen-bond donors (Lipinski definition) is 0. The molecule has 0 bridgehead atoms. The fourth-order valence-corrected chi connectivity index (χ4v) is 5.22. The largest absolute Gasteiger partial charge is 0.497 e. The standard InChI is InChI=1S/C26H24N4O4S/c1-16-20-13-23(35-25(20)29(2)27-16)26(32)34-15-24(31)30-22(18-9-11-19(33-3)12-10-18)14-21(28-30)17-7-5-4-6-8-17/h4-13,22H,14-15H2,1-3H3. The highest BCUT2D eigenvalue weighted by Crippen LogP contribution is 2.34. The molecular weight excluding hydrogens is 464 g/mol. The van der Waals surface area contributed by atoms with Crippen molar-refractivity contribution in [1.82, 2.24) is 14.8 Å². The molecule has 3 heterocycles. The molecule has 0 N–H and O–H groups in total. The third kappa shape index (κ3) is 4.42. The van der Waals surface area contributed by atoms with Gasteiger partial charge in [-0.1, -0.05) is 42.5 Å². The monoisotopic (exact) mass is 488 g/mol. The van der Waals surface area contributed by atoms with Gasteiger partial charge in [-0.25, -0.2) is 9.80 Å². The molecule has 1 aliphatic heterocycles. The number of nitrogens with zero attached hydrogens (tertiary/aromatic N) is 4. The number of esters is 1. The Balaban J connectivity index is 1.35. The van der Waals surface area contributed by atoms with Gasteiger partial charge in [0.15, 0.2) is 6.61 Å². The minimum Gasteiger partial charge on any atom is -0.497 e. The maximum absolute atomic E-state index is 13.2. The van der Waals surface area contributed by atoms with E-state index in [0.717, 1.165) is 38.5 Å². The number of hydrogen-bond acceptors (Lipinski definition) is 7. The second-order valence-electron chi connectivity index (χ2n) is 8.26. The third-order valence-electron chi connectivity index (χ3n) is 6.00. The summed E-state index contributed by atoms with van der Waals surface area (Å²) in [5.41, 5.74) is 3.52. The average Bonchev–Trinajstić information content (AvgIpc) is 3.59. The van der Waals surface area contributed by atoms with E-state index in [4.69, 9.17) is 9.47 Å². The first-order chi connectivity index (χ1) is 16.9. The molecule has 5 rings (SSSR count). The molecule has 9 heteroatoms. The molecule has 178 valence electrons. The fraction of sp³-hybridized carbons (Fsp3) is 0.231. The number of aryl methyl sites for hydroxylation is 2. The lowest BCUT2D eigenvalue weighted by atomic mass is 9.98. The Morgan fingerprint density at radius 2 is 1.86 bits per heavy atom. The molecule has 0 fully saturated rings. The van der Waals surface area contributed by atoms with Crippen molar-refractivity contribution in [2.75, 3.05) is 13.7 Å². The molecule has 0 radical (unpaired) electrons. The molecule has 1 aliphatic rings. The SMILES string of the molecule is COc1ccc(C2CC(c3ccccc3)=NN2C(=O)COC(=O)c2cc3c(C)nn(C)c3s2)cc1. The predicted octanol–water partition coefficient (Wildman–Crippen LogP) is 4.49. The van der Waals surface area contributed by atoms with Crippen molar-refractivity contribution >= 4 is 39.1 Å². The molecule has 4 aromatic rings. The number of carbonyl (C=O) groups excluding carboxylic acids is 2. The van der Waals surface area contributed by atoms with Crippen LogP contribution in [-0.4, -0.2) is 46.1 Å². The summed E-state index contributed by atoms with van der Waals surface area (Å²) in [6, 6.07) is 18.8. The molecule has 8 nitrogen and oxygen atoms in total. The quantitative estimate of drug-likeness (QED) is 0.374. The van der Waals surface area contributed by atoms with E-state index in [9.17, 15) is 9.59 Å². The van der Waals surface area contributed by atoms with E-state index in [1.165, 1.54) is 16.3 Å². The van der Waals surface area contributed by atoms with Gasteiger partial charge in [0.2, 0.25) is 0 Å². The molecule has 1 amide bonds. The maximum Gasteiger partial charge on any atom is 0.348 e. The van der Waals surface area contributed by atoms with Crippen molar-refractivity contribution in [2.45, 2.75) is 19.4 Å². The first-order valence-electron chi connectivity index (χ1n) is 11.1. The van der Waals surface area contributed by atoms with E-state index >= 15 is 0 Å². The van der Waals surface area contributed by atoms with Crippen LogP contribution in [0.1, 0.15) is 39.0 Å². The van der Waals surface area contributed by atoms with Gasteiger partial charge >= 0.3 is 5.97 Å². The Labute approximate surface area is 206 Å². The topological polar surface area (TPSA) is 86.0 Å². The molecular formula is C26H24N4O4S. The lowest BCUT2D eigenvalue weighted by molar-refractivity contribution is -0.136. The van der Waals surface area contributed by atoms with E-state index < -0.39 is 12.6 Å². The smallest absolute Gasteiger partial charge is 0.348 e. The Morgan fingerprint density at radius 3 is 2.54 bits per heavy atom. The van der Waals surface area contributed by atoms with Crippen LogP contribution in [0.3, 0.4) is 0 Å². The summed E-state index contributed by atoms with van der Waals surface area (Å²) in [6.07, 6.45) is 0.554. The van der Waals surface area contributed by atoms with Crippen molar-refractivity contribution in [2.24, 2.45) is 12.1 Å². The summed E-state index contributed by atoms with van der Waals surface area (Å²) < 4.78 is 12.4. The van der Waals surface area contributed by atoms with Crippen molar-refractivity contribution in [1.29, 1.82) is 0 Å². The molecule has 35 heavy (non-hydrogen) atoms. The van der Waals surface area contributed by atoms with Gasteiger partial charge in [0.05, 0.1) is 24.6 Å². The molecule has 1 unspecified atom stereocenters. The molecule has 0 saturated carbocycles. The number of benzene rings is 2. The molecule has 2 aromatic carbocycles. The summed E-state index contributed by atoms with van der Waals surface area (Å²) >= 11 is 1.30. The zero-order chi connectivity index (χ0) is 24.5. The summed E-state index contributed by atoms with van der Waals surface area (Å²) in [4.78, 5) is 27.2. The van der Waals surface area contributed by atoms with E-state index in [0.29, 0.717) is 11.3 Å². The van der Waals surface area contributed by atoms with E-state index in [1.807, 2.05) is 68.6 Å². The van der Waals surface area contributed by atoms with Crippen LogP contribution in [0.25, 0.3) is 10.2 Å². The van der Waals surface area contributed by atoms with Crippen molar-refractivity contribution in [3.05, 3.63) is 82.4 Å². The molecule has 1 atom stereocenters. The second kappa shape index (κ2) is 9.34. The van der Waals surface area contributed by atoms with Crippen molar-refractivity contribution < 1.29 is 19.1 Å². The Morgan fingerprint density at radius 1 is 1.11 bits per heavy atom. The number of hydrazone groups is 1. The number of thiophene rings is 1. The van der Waals surface area contributed by atoms with E-state index in [1.54, 1.807) is 17.9 Å². The van der Waals surface area contributed by atoms with Crippen LogP contribution in [0.2, 0.25) is 0 Å². The van der Waals surface area contributed by atoms with Crippen LogP contribution in [0.4, 0.5) is 0 Å². The molecule has 0 spiro atoms. The summed E-state index contributed by atoms with van der Waals surface area (Å²) in [6.45, 7) is 1.49. The summed E-state index contributed by atoms with van der Waals surface area (Å²) in [7, 11) is 3.44. The van der Waals surface area contributed by atoms with Crippen molar-refractivity contribution in [3.63, 3.8) is 0 Å². The van der Waals surface area contributed by atoms with Gasteiger partial charge in [0.25, 0.3) is 5.91 Å². The minimum atomic E-state index is -0.536. The highest BCUT2D eigenvalue weighted by molar-refractivity contribution is 7.20. The van der Waals surface area contributed by atoms with E-state index in [2.05, 4.69) is 10.2 Å². The van der Waals surface area contributed by atoms with Gasteiger partial charge < -0.3 is 9.47 Å². The highest BCUT2D eigenvalue weighted by atomic mass is 32.1. The predicted molar refractivity (Wildman–Crippen MR) is 134 cm³/mol. The van der Waals surface area contributed by atoms with Crippen molar-refractivity contribution in [3.8, 4) is 5.75 Å². The number of ether oxygens (including phenoxy) is 2. The zero-order valence-corrected chi connectivity index (χ0v) is 20.4. The average molecular weight is 489 g/mol. The van der Waals surface area contributed by atoms with Gasteiger partial charge in [-0.3, -0.25) is 9.48 Å². The fourth-order valence-electron chi connectivity index (χ4n) is 4.20. The van der Waals surface area contributed by atoms with Gasteiger partial charge in [-0.05, 0) is 36.2 Å². The van der Waals surface area contributed by atoms with Crippen LogP contribution in [-0.2, 0) is 16.6 Å². The lowest BCUT2D eigenvalue weighted by Crippen LogP contribution is -2.31. The summed E-state index contributed by atoms with van der Waals surface area (Å²) in [5.74, 6) is -0.188. The third-order valence-corrected chi connectivity index (χ3v) is 7.18. The Kier molecular flexibility index (Phi) is 6.08. The second-order valence-corrected chi connectivity index (χ2v) is 9.29. The Bertz CT molecular complexity index is 1390. The van der Waals surface area contributed by atoms with Crippen LogP contribution >= 0.6 is 11.3 Å². The van der Waals surface area contributed by atoms with Crippen LogP contribution in [0, 0.1) is 6.92 Å². The number of carbonyl (C=O) groups is 2. The maximum atomic E-state index is 13.2. The van der Waals surface area contributed by atoms with Crippen LogP contribution in [0.15, 0.2) is 65.8 Å². The van der Waals surface area contributed by atoms with Gasteiger partial charge in [-0.15, -0.1) is 11.3 Å². The lowest BCUT2D eigenvalue weighted by Gasteiger charge is -2.22. The minimum absolute atomic E-state index is 0.305. The molecule has 0 aliphatic carbocycles. The van der Waals surface area contributed by atoms with Gasteiger partial charge in [0.1, 0.15) is 15.5 Å². The van der Waals surface area contributed by atoms with E-state index in [-0.39, 0.29) is 11.9 Å². The number of amides is 1. The van der Waals surface area contributed by atoms with Crippen LogP contribution in [0.5, 0.6) is 5.75 Å². The van der Waals surface area contributed by atoms with Crippen LogP contribution < -0.4 is 4.74 Å². The molecule has 0 saturated heterocycles.